The molecule has 0 rings (SSSR count). The van der Waals surface area contributed by atoms with Gasteiger partial charge in [-0.1, -0.05) is 20.3 Å². The molecule has 0 heterocycles. The van der Waals surface area contributed by atoms with Crippen LogP contribution in [-0.4, -0.2) is 53.4 Å². The van der Waals surface area contributed by atoms with Crippen LogP contribution >= 0.6 is 0 Å². The second-order valence-corrected chi connectivity index (χ2v) is 3.92. The third-order valence-corrected chi connectivity index (χ3v) is 2.41. The average molecular weight is 232 g/mol. The van der Waals surface area contributed by atoms with E-state index in [9.17, 15) is 9.59 Å². The Morgan fingerprint density at radius 2 is 2.00 bits per heavy atom. The largest absolute Gasteiger partial charge is 0.480 e. The van der Waals surface area contributed by atoms with Gasteiger partial charge in [0.05, 0.1) is 6.61 Å². The van der Waals surface area contributed by atoms with Gasteiger partial charge in [-0.15, -0.1) is 0 Å². The fourth-order valence-electron chi connectivity index (χ4n) is 1.12. The van der Waals surface area contributed by atoms with Crippen LogP contribution in [0.2, 0.25) is 0 Å². The lowest BCUT2D eigenvalue weighted by molar-refractivity contribution is -0.140. The van der Waals surface area contributed by atoms with Crippen molar-refractivity contribution in [2.45, 2.75) is 26.3 Å². The minimum absolute atomic E-state index is 0.355. The van der Waals surface area contributed by atoms with Gasteiger partial charge in [-0.25, -0.2) is 9.59 Å². The second kappa shape index (κ2) is 7.05. The van der Waals surface area contributed by atoms with Crippen molar-refractivity contribution in [2.75, 3.05) is 20.2 Å². The maximum Gasteiger partial charge on any atom is 0.328 e. The molecule has 0 spiro atoms. The molecule has 94 valence electrons. The Hall–Kier alpha value is -1.30. The van der Waals surface area contributed by atoms with Gasteiger partial charge in [-0.3, -0.25) is 0 Å². The highest BCUT2D eigenvalue weighted by atomic mass is 16.4. The van der Waals surface area contributed by atoms with E-state index >= 15 is 0 Å². The number of aliphatic carboxylic acids is 1. The quantitative estimate of drug-likeness (QED) is 0.606. The first-order valence-corrected chi connectivity index (χ1v) is 5.27. The SMILES string of the molecule is CCC(C)CN(C)C(=O)N[C@H](CO)C(=O)O. The third kappa shape index (κ3) is 4.97. The molecule has 0 saturated carbocycles. The summed E-state index contributed by atoms with van der Waals surface area (Å²) in [6.45, 7) is 3.97. The van der Waals surface area contributed by atoms with E-state index in [-0.39, 0.29) is 0 Å². The molecule has 16 heavy (non-hydrogen) atoms. The van der Waals surface area contributed by atoms with Crippen LogP contribution in [-0.2, 0) is 4.79 Å². The van der Waals surface area contributed by atoms with Crippen LogP contribution in [0.1, 0.15) is 20.3 Å². The summed E-state index contributed by atoms with van der Waals surface area (Å²) >= 11 is 0. The van der Waals surface area contributed by atoms with Crippen molar-refractivity contribution in [1.29, 1.82) is 0 Å². The molecule has 0 aliphatic carbocycles. The lowest BCUT2D eigenvalue weighted by atomic mass is 10.1. The number of hydrogen-bond acceptors (Lipinski definition) is 3. The van der Waals surface area contributed by atoms with Crippen LogP contribution in [0.15, 0.2) is 0 Å². The standard InChI is InChI=1S/C10H20N2O4/c1-4-7(2)5-12(3)10(16)11-8(6-13)9(14)15/h7-8,13H,4-6H2,1-3H3,(H,11,16)(H,14,15)/t7?,8-/m1/s1. The maximum atomic E-state index is 11.5. The number of carbonyl (C=O) groups is 2. The lowest BCUT2D eigenvalue weighted by Crippen LogP contribution is -2.49. The van der Waals surface area contributed by atoms with Crippen LogP contribution in [0.5, 0.6) is 0 Å². The Morgan fingerprint density at radius 1 is 1.44 bits per heavy atom. The summed E-state index contributed by atoms with van der Waals surface area (Å²) in [5, 5.41) is 19.6. The van der Waals surface area contributed by atoms with Crippen molar-refractivity contribution >= 4 is 12.0 Å². The molecule has 2 amide bonds. The number of hydrogen-bond donors (Lipinski definition) is 3. The third-order valence-electron chi connectivity index (χ3n) is 2.41. The zero-order chi connectivity index (χ0) is 12.7. The Bertz CT molecular complexity index is 245. The molecule has 0 aromatic carbocycles. The molecule has 0 aromatic rings. The molecule has 0 bridgehead atoms. The molecule has 0 fully saturated rings. The Kier molecular flexibility index (Phi) is 6.48. The van der Waals surface area contributed by atoms with E-state index < -0.39 is 24.6 Å². The zero-order valence-electron chi connectivity index (χ0n) is 9.93. The lowest BCUT2D eigenvalue weighted by Gasteiger charge is -2.22. The van der Waals surface area contributed by atoms with Gasteiger partial charge in [0.2, 0.25) is 0 Å². The number of aliphatic hydroxyl groups excluding tert-OH is 1. The summed E-state index contributed by atoms with van der Waals surface area (Å²) in [5.41, 5.74) is 0. The first-order valence-electron chi connectivity index (χ1n) is 5.27. The monoisotopic (exact) mass is 232 g/mol. The Morgan fingerprint density at radius 3 is 2.38 bits per heavy atom. The number of carbonyl (C=O) groups excluding carboxylic acids is 1. The van der Waals surface area contributed by atoms with Gasteiger partial charge in [-0.2, -0.15) is 0 Å². The average Bonchev–Trinajstić information content (AvgIpc) is 2.24. The number of aliphatic hydroxyl groups is 1. The molecule has 2 atom stereocenters. The van der Waals surface area contributed by atoms with E-state index in [0.717, 1.165) is 6.42 Å². The van der Waals surface area contributed by atoms with Crippen LogP contribution in [0.3, 0.4) is 0 Å². The predicted molar refractivity (Wildman–Crippen MR) is 59.1 cm³/mol. The molecule has 6 nitrogen and oxygen atoms in total. The molecule has 0 radical (unpaired) electrons. The zero-order valence-corrected chi connectivity index (χ0v) is 9.93. The van der Waals surface area contributed by atoms with Gasteiger partial charge in [-0.05, 0) is 5.92 Å². The van der Waals surface area contributed by atoms with E-state index in [1.165, 1.54) is 4.90 Å². The van der Waals surface area contributed by atoms with Crippen LogP contribution in [0.25, 0.3) is 0 Å². The number of rotatable bonds is 6. The van der Waals surface area contributed by atoms with E-state index in [0.29, 0.717) is 12.5 Å². The van der Waals surface area contributed by atoms with Gasteiger partial charge in [0.1, 0.15) is 0 Å². The Labute approximate surface area is 95.2 Å². The maximum absolute atomic E-state index is 11.5. The number of carboxylic acid groups (broad SMARTS) is 1. The minimum atomic E-state index is -1.24. The smallest absolute Gasteiger partial charge is 0.328 e. The summed E-state index contributed by atoms with van der Waals surface area (Å²) in [5.74, 6) is -0.888. The fraction of sp³-hybridized carbons (Fsp3) is 0.800. The summed E-state index contributed by atoms with van der Waals surface area (Å²) in [6.07, 6.45) is 0.944. The van der Waals surface area contributed by atoms with Crippen molar-refractivity contribution in [2.24, 2.45) is 5.92 Å². The van der Waals surface area contributed by atoms with Gasteiger partial charge >= 0.3 is 12.0 Å². The van der Waals surface area contributed by atoms with E-state index in [4.69, 9.17) is 10.2 Å². The molecule has 6 heteroatoms. The first kappa shape index (κ1) is 14.7. The summed E-state index contributed by atoms with van der Waals surface area (Å²) in [7, 11) is 1.60. The minimum Gasteiger partial charge on any atom is -0.480 e. The summed E-state index contributed by atoms with van der Waals surface area (Å²) in [6, 6.07) is -1.73. The number of nitrogens with zero attached hydrogens (tertiary/aromatic N) is 1. The molecule has 0 aliphatic rings. The van der Waals surface area contributed by atoms with E-state index in [1.807, 2.05) is 13.8 Å². The van der Waals surface area contributed by atoms with Gasteiger partial charge in [0.25, 0.3) is 0 Å². The molecule has 0 aliphatic heterocycles. The van der Waals surface area contributed by atoms with E-state index in [2.05, 4.69) is 5.32 Å². The number of nitrogens with one attached hydrogen (secondary N) is 1. The van der Waals surface area contributed by atoms with Gasteiger partial charge in [0, 0.05) is 13.6 Å². The van der Waals surface area contributed by atoms with Crippen molar-refractivity contribution in [3.63, 3.8) is 0 Å². The first-order chi connectivity index (χ1) is 7.42. The molecular formula is C10H20N2O4. The number of amides is 2. The van der Waals surface area contributed by atoms with Crippen molar-refractivity contribution < 1.29 is 19.8 Å². The van der Waals surface area contributed by atoms with Crippen molar-refractivity contribution in [3.05, 3.63) is 0 Å². The predicted octanol–water partition coefficient (Wildman–Crippen LogP) is 0.119. The molecular weight excluding hydrogens is 212 g/mol. The molecule has 3 N–H and O–H groups in total. The highest BCUT2D eigenvalue weighted by Crippen LogP contribution is 2.02. The topological polar surface area (TPSA) is 89.9 Å². The summed E-state index contributed by atoms with van der Waals surface area (Å²) in [4.78, 5) is 23.5. The van der Waals surface area contributed by atoms with E-state index in [1.54, 1.807) is 7.05 Å². The second-order valence-electron chi connectivity index (χ2n) is 3.92. The van der Waals surface area contributed by atoms with Crippen LogP contribution in [0, 0.1) is 5.92 Å². The highest BCUT2D eigenvalue weighted by molar-refractivity contribution is 5.82. The van der Waals surface area contributed by atoms with Crippen molar-refractivity contribution in [3.8, 4) is 0 Å². The fourth-order valence-corrected chi connectivity index (χ4v) is 1.12. The normalized spacial score (nSPS) is 14.0. The number of carboxylic acids is 1. The van der Waals surface area contributed by atoms with Gasteiger partial charge < -0.3 is 20.4 Å². The molecule has 1 unspecified atom stereocenters. The molecule has 0 aromatic heterocycles. The molecule has 0 saturated heterocycles. The van der Waals surface area contributed by atoms with Crippen LogP contribution < -0.4 is 5.32 Å². The summed E-state index contributed by atoms with van der Waals surface area (Å²) < 4.78 is 0. The Balaban J connectivity index is 4.18. The van der Waals surface area contributed by atoms with Crippen molar-refractivity contribution in [1.82, 2.24) is 10.2 Å². The van der Waals surface area contributed by atoms with Gasteiger partial charge in [0.15, 0.2) is 6.04 Å². The highest BCUT2D eigenvalue weighted by Gasteiger charge is 2.21. The number of urea groups is 1. The van der Waals surface area contributed by atoms with Crippen LogP contribution in [0.4, 0.5) is 4.79 Å².